The van der Waals surface area contributed by atoms with Crippen LogP contribution in [0.3, 0.4) is 0 Å². The van der Waals surface area contributed by atoms with Gasteiger partial charge in [0.05, 0.1) is 30.5 Å². The first-order valence-corrected chi connectivity index (χ1v) is 12.5. The van der Waals surface area contributed by atoms with E-state index in [1.165, 1.54) is 24.0 Å². The van der Waals surface area contributed by atoms with Crippen LogP contribution in [0.15, 0.2) is 82.1 Å². The van der Waals surface area contributed by atoms with Gasteiger partial charge in [-0.1, -0.05) is 59.9 Å². The lowest BCUT2D eigenvalue weighted by molar-refractivity contribution is 0.373. The van der Waals surface area contributed by atoms with Gasteiger partial charge in [0.15, 0.2) is 16.3 Å². The Kier molecular flexibility index (Phi) is 5.49. The second-order valence-corrected chi connectivity index (χ2v) is 9.80. The molecule has 6 rings (SSSR count). The van der Waals surface area contributed by atoms with E-state index in [-0.39, 0.29) is 17.4 Å². The van der Waals surface area contributed by atoms with Gasteiger partial charge in [-0.15, -0.1) is 0 Å². The highest BCUT2D eigenvalue weighted by molar-refractivity contribution is 7.07. The van der Waals surface area contributed by atoms with Crippen molar-refractivity contribution in [2.45, 2.75) is 18.9 Å². The van der Waals surface area contributed by atoms with Gasteiger partial charge in [0.25, 0.3) is 5.56 Å². The first-order chi connectivity index (χ1) is 17.6. The normalized spacial score (nSPS) is 16.6. The third kappa shape index (κ3) is 3.55. The lowest BCUT2D eigenvalue weighted by Gasteiger charge is -2.31. The number of aryl methyl sites for hydroxylation is 1. The van der Waals surface area contributed by atoms with Crippen molar-refractivity contribution in [3.63, 3.8) is 0 Å². The number of phenolic OH excluding ortho intramolecular Hbond substituents is 1. The molecule has 7 heteroatoms. The van der Waals surface area contributed by atoms with E-state index in [4.69, 9.17) is 14.5 Å². The van der Waals surface area contributed by atoms with Crippen LogP contribution >= 0.6 is 11.3 Å². The van der Waals surface area contributed by atoms with Crippen LogP contribution in [0.2, 0.25) is 0 Å². The van der Waals surface area contributed by atoms with Crippen molar-refractivity contribution in [1.82, 2.24) is 4.57 Å². The molecule has 2 aliphatic rings. The Morgan fingerprint density at radius 3 is 2.69 bits per heavy atom. The average Bonchev–Trinajstić information content (AvgIpc) is 3.22. The minimum absolute atomic E-state index is 0.00315. The zero-order valence-electron chi connectivity index (χ0n) is 19.9. The predicted octanol–water partition coefficient (Wildman–Crippen LogP) is 4.04. The Hall–Kier alpha value is -4.10. The maximum absolute atomic E-state index is 13.9. The molecule has 4 aromatic rings. The second kappa shape index (κ2) is 8.84. The summed E-state index contributed by atoms with van der Waals surface area (Å²) in [7, 11) is 3.15. The van der Waals surface area contributed by atoms with Gasteiger partial charge in [0.2, 0.25) is 0 Å². The molecule has 0 bridgehead atoms. The number of hydrogen-bond donors (Lipinski definition) is 1. The molecular weight excluding hydrogens is 472 g/mol. The van der Waals surface area contributed by atoms with Crippen molar-refractivity contribution in [3.05, 3.63) is 114 Å². The zero-order valence-corrected chi connectivity index (χ0v) is 20.7. The quantitative estimate of drug-likeness (QED) is 0.463. The topological polar surface area (TPSA) is 73.1 Å². The highest BCUT2D eigenvalue weighted by Gasteiger charge is 2.32. The summed E-state index contributed by atoms with van der Waals surface area (Å²) in [5.41, 5.74) is 5.82. The van der Waals surface area contributed by atoms with E-state index in [1.807, 2.05) is 30.3 Å². The van der Waals surface area contributed by atoms with Crippen molar-refractivity contribution in [2.75, 3.05) is 14.2 Å². The average molecular weight is 497 g/mol. The number of fused-ring (bicyclic) bond motifs is 3. The fourth-order valence-corrected chi connectivity index (χ4v) is 6.09. The Bertz CT molecular complexity index is 1710. The molecule has 1 atom stereocenters. The number of rotatable bonds is 4. The largest absolute Gasteiger partial charge is 0.504 e. The number of hydrogen-bond acceptors (Lipinski definition) is 6. The van der Waals surface area contributed by atoms with Gasteiger partial charge >= 0.3 is 0 Å². The van der Waals surface area contributed by atoms with Crippen LogP contribution in [0.1, 0.15) is 34.7 Å². The van der Waals surface area contributed by atoms with Crippen LogP contribution in [-0.4, -0.2) is 23.9 Å². The maximum Gasteiger partial charge on any atom is 0.271 e. The van der Waals surface area contributed by atoms with E-state index >= 15 is 0 Å². The summed E-state index contributed by atoms with van der Waals surface area (Å²) in [4.78, 5) is 19.5. The molecule has 1 aliphatic heterocycles. The summed E-state index contributed by atoms with van der Waals surface area (Å²) >= 11 is 1.33. The molecule has 0 amide bonds. The van der Waals surface area contributed by atoms with E-state index in [0.29, 0.717) is 20.6 Å². The van der Waals surface area contributed by atoms with Gasteiger partial charge in [-0.25, -0.2) is 4.99 Å². The van der Waals surface area contributed by atoms with Crippen LogP contribution in [-0.2, 0) is 6.42 Å². The van der Waals surface area contributed by atoms with Crippen molar-refractivity contribution in [3.8, 4) is 17.2 Å². The van der Waals surface area contributed by atoms with Crippen LogP contribution in [0.4, 0.5) is 0 Å². The van der Waals surface area contributed by atoms with Gasteiger partial charge in [-0.2, -0.15) is 0 Å². The fourth-order valence-electron chi connectivity index (χ4n) is 5.10. The maximum atomic E-state index is 13.9. The van der Waals surface area contributed by atoms with E-state index < -0.39 is 0 Å². The molecule has 3 aromatic carbocycles. The third-order valence-electron chi connectivity index (χ3n) is 6.82. The van der Waals surface area contributed by atoms with Crippen LogP contribution in [0.25, 0.3) is 11.8 Å². The highest BCUT2D eigenvalue weighted by Crippen LogP contribution is 2.41. The lowest BCUT2D eigenvalue weighted by atomic mass is 9.83. The number of aromatic hydroxyl groups is 1. The van der Waals surface area contributed by atoms with Crippen LogP contribution in [0, 0.1) is 0 Å². The number of para-hydroxylation sites is 1. The summed E-state index contributed by atoms with van der Waals surface area (Å²) in [5, 5.41) is 10.6. The van der Waals surface area contributed by atoms with E-state index in [9.17, 15) is 9.90 Å². The molecule has 1 unspecified atom stereocenters. The highest BCUT2D eigenvalue weighted by atomic mass is 32.1. The number of nitrogens with zero attached hydrogens (tertiary/aromatic N) is 2. The van der Waals surface area contributed by atoms with Crippen LogP contribution < -0.4 is 24.4 Å². The zero-order chi connectivity index (χ0) is 24.8. The molecular formula is C29H24N2O4S. The van der Waals surface area contributed by atoms with Gasteiger partial charge in [0.1, 0.15) is 5.75 Å². The standard InChI is InChI=1S/C29H24N2O4S/c1-34-20-10-5-8-18(15-20)26-22-14-13-17-7-3-4-11-21(17)25(22)30-29-31(26)28(33)24(36-29)16-19-9-6-12-23(35-2)27(19)32/h3-12,15-16,26,32H,13-14H2,1-2H3. The summed E-state index contributed by atoms with van der Waals surface area (Å²) in [5.74, 6) is 1.10. The number of phenols is 1. The fraction of sp³-hybridized carbons (Fsp3) is 0.172. The Morgan fingerprint density at radius 2 is 1.86 bits per heavy atom. The molecule has 0 spiro atoms. The van der Waals surface area contributed by atoms with Crippen LogP contribution in [0.5, 0.6) is 17.2 Å². The summed E-state index contributed by atoms with van der Waals surface area (Å²) < 4.78 is 13.0. The molecule has 1 N–H and O–H groups in total. The second-order valence-electron chi connectivity index (χ2n) is 8.79. The number of allylic oxidation sites excluding steroid dienone is 1. The number of aromatic nitrogens is 1. The number of benzene rings is 3. The number of thiazole rings is 1. The van der Waals surface area contributed by atoms with E-state index in [1.54, 1.807) is 36.0 Å². The minimum atomic E-state index is -0.291. The Labute approximate surface area is 211 Å². The minimum Gasteiger partial charge on any atom is -0.504 e. The molecule has 1 aliphatic carbocycles. The van der Waals surface area contributed by atoms with Gasteiger partial charge in [-0.05, 0) is 53.8 Å². The predicted molar refractivity (Wildman–Crippen MR) is 140 cm³/mol. The lowest BCUT2D eigenvalue weighted by Crippen LogP contribution is -2.38. The third-order valence-corrected chi connectivity index (χ3v) is 7.80. The van der Waals surface area contributed by atoms with Gasteiger partial charge < -0.3 is 14.6 Å². The van der Waals surface area contributed by atoms with Gasteiger partial charge in [0, 0.05) is 11.1 Å². The number of methoxy groups -OCH3 is 2. The van der Waals surface area contributed by atoms with Gasteiger partial charge in [-0.3, -0.25) is 9.36 Å². The summed E-state index contributed by atoms with van der Waals surface area (Å²) in [6.07, 6.45) is 3.42. The Morgan fingerprint density at radius 1 is 1.03 bits per heavy atom. The molecule has 0 fully saturated rings. The molecule has 36 heavy (non-hydrogen) atoms. The molecule has 0 saturated carbocycles. The monoisotopic (exact) mass is 496 g/mol. The first kappa shape index (κ1) is 22.4. The molecule has 2 heterocycles. The molecule has 180 valence electrons. The first-order valence-electron chi connectivity index (χ1n) is 11.7. The van der Waals surface area contributed by atoms with Crippen molar-refractivity contribution in [2.24, 2.45) is 4.99 Å². The SMILES string of the molecule is COc1cccc(C2C3=C(N=c4sc(=Cc5cccc(OC)c5O)c(=O)n42)c2ccccc2CC3)c1. The van der Waals surface area contributed by atoms with Crippen molar-refractivity contribution in [1.29, 1.82) is 0 Å². The summed E-state index contributed by atoms with van der Waals surface area (Å²) in [6, 6.07) is 21.2. The smallest absolute Gasteiger partial charge is 0.271 e. The Balaban J connectivity index is 1.62. The van der Waals surface area contributed by atoms with E-state index in [2.05, 4.69) is 18.2 Å². The molecule has 0 radical (unpaired) electrons. The molecule has 1 aromatic heterocycles. The van der Waals surface area contributed by atoms with Crippen molar-refractivity contribution >= 4 is 23.1 Å². The van der Waals surface area contributed by atoms with Crippen molar-refractivity contribution < 1.29 is 14.6 Å². The molecule has 6 nitrogen and oxygen atoms in total. The molecule has 0 saturated heterocycles. The number of ether oxygens (including phenoxy) is 2. The van der Waals surface area contributed by atoms with E-state index in [0.717, 1.165) is 41.0 Å². The summed E-state index contributed by atoms with van der Waals surface area (Å²) in [6.45, 7) is 0.